The minimum atomic E-state index is -2.78. The molecule has 0 rings (SSSR count). The van der Waals surface area contributed by atoms with Gasteiger partial charge in [0.1, 0.15) is 0 Å². The first-order chi connectivity index (χ1) is 10.7. The number of hydrogen-bond acceptors (Lipinski definition) is 1. The number of unbranched alkanes of at least 4 members (excludes halogenated alkanes) is 11. The van der Waals surface area contributed by atoms with Crippen LogP contribution in [-0.2, 0) is 4.79 Å². The number of carbonyl (C=O) groups excluding carboxylic acids is 1. The molecule has 0 saturated heterocycles. The molecule has 22 heavy (non-hydrogen) atoms. The monoisotopic (exact) mass is 316 g/mol. The van der Waals surface area contributed by atoms with Crippen LogP contribution in [0, 0.1) is 0 Å². The highest BCUT2D eigenvalue weighted by atomic mass is 19.3. The van der Waals surface area contributed by atoms with Crippen molar-refractivity contribution in [2.75, 3.05) is 0 Å². The van der Waals surface area contributed by atoms with E-state index in [1.807, 2.05) is 0 Å². The predicted octanol–water partition coefficient (Wildman–Crippen LogP) is 6.86. The van der Waals surface area contributed by atoms with Gasteiger partial charge in [0.2, 0.25) is 0 Å². The van der Waals surface area contributed by atoms with Crippen LogP contribution < -0.4 is 0 Å². The Morgan fingerprint density at radius 2 is 1.23 bits per heavy atom. The van der Waals surface area contributed by atoms with Crippen molar-refractivity contribution in [1.29, 1.82) is 0 Å². The van der Waals surface area contributed by atoms with Gasteiger partial charge in [-0.2, -0.15) is 0 Å². The van der Waals surface area contributed by atoms with Crippen molar-refractivity contribution in [3.8, 4) is 0 Å². The van der Waals surface area contributed by atoms with Gasteiger partial charge in [0, 0.05) is 6.42 Å². The van der Waals surface area contributed by atoms with E-state index in [-0.39, 0.29) is 6.42 Å². The van der Waals surface area contributed by atoms with Crippen LogP contribution in [0.2, 0.25) is 0 Å². The zero-order valence-corrected chi connectivity index (χ0v) is 14.3. The van der Waals surface area contributed by atoms with Crippen LogP contribution in [0.25, 0.3) is 0 Å². The van der Waals surface area contributed by atoms with E-state index in [1.54, 1.807) is 0 Å². The van der Waals surface area contributed by atoms with Crippen LogP contribution in [0.4, 0.5) is 8.78 Å². The lowest BCUT2D eigenvalue weighted by molar-refractivity contribution is -0.129. The molecular weight excluding hydrogens is 282 g/mol. The first kappa shape index (κ1) is 21.3. The molecule has 0 heterocycles. The van der Waals surface area contributed by atoms with Crippen molar-refractivity contribution in [2.45, 2.75) is 103 Å². The molecular formula is C19H34F2O. The van der Waals surface area contributed by atoms with Gasteiger partial charge in [-0.05, 0) is 32.1 Å². The van der Waals surface area contributed by atoms with Gasteiger partial charge in [-0.3, -0.25) is 4.79 Å². The van der Waals surface area contributed by atoms with E-state index < -0.39 is 12.2 Å². The highest BCUT2D eigenvalue weighted by Crippen LogP contribution is 2.11. The van der Waals surface area contributed by atoms with Crippen LogP contribution in [0.15, 0.2) is 12.2 Å². The summed E-state index contributed by atoms with van der Waals surface area (Å²) < 4.78 is 23.9. The maximum absolute atomic E-state index is 12.0. The molecule has 0 aromatic heterocycles. The van der Waals surface area contributed by atoms with E-state index in [2.05, 4.69) is 19.1 Å². The molecule has 0 aliphatic heterocycles. The second-order valence-corrected chi connectivity index (χ2v) is 6.10. The Labute approximate surface area is 135 Å². The lowest BCUT2D eigenvalue weighted by Gasteiger charge is -2.00. The van der Waals surface area contributed by atoms with E-state index in [9.17, 15) is 13.6 Å². The van der Waals surface area contributed by atoms with Gasteiger partial charge in [0.15, 0.2) is 5.78 Å². The minimum Gasteiger partial charge on any atom is -0.293 e. The number of alkyl halides is 2. The van der Waals surface area contributed by atoms with Crippen LogP contribution in [0.5, 0.6) is 0 Å². The zero-order chi connectivity index (χ0) is 16.5. The smallest absolute Gasteiger partial charge is 0.293 e. The summed E-state index contributed by atoms with van der Waals surface area (Å²) >= 11 is 0. The lowest BCUT2D eigenvalue weighted by atomic mass is 10.1. The Morgan fingerprint density at radius 3 is 1.73 bits per heavy atom. The lowest BCUT2D eigenvalue weighted by Crippen LogP contribution is -2.08. The summed E-state index contributed by atoms with van der Waals surface area (Å²) in [6, 6.07) is 0. The highest BCUT2D eigenvalue weighted by Gasteiger charge is 2.13. The molecule has 130 valence electrons. The number of halogens is 2. The van der Waals surface area contributed by atoms with Crippen LogP contribution in [0.3, 0.4) is 0 Å². The summed E-state index contributed by atoms with van der Waals surface area (Å²) in [7, 11) is 0. The van der Waals surface area contributed by atoms with Crippen molar-refractivity contribution in [1.82, 2.24) is 0 Å². The number of Topliss-reactive ketones (excluding diaryl/α,β-unsaturated/α-hetero) is 1. The van der Waals surface area contributed by atoms with Gasteiger partial charge < -0.3 is 0 Å². The second kappa shape index (κ2) is 16.6. The van der Waals surface area contributed by atoms with Crippen molar-refractivity contribution in [2.24, 2.45) is 0 Å². The maximum Gasteiger partial charge on any atom is 0.295 e. The van der Waals surface area contributed by atoms with Crippen LogP contribution >= 0.6 is 0 Å². The molecule has 0 aromatic carbocycles. The molecule has 1 nitrogen and oxygen atoms in total. The van der Waals surface area contributed by atoms with E-state index in [1.165, 1.54) is 44.9 Å². The van der Waals surface area contributed by atoms with E-state index in [4.69, 9.17) is 0 Å². The Hall–Kier alpha value is -0.730. The molecule has 0 aliphatic carbocycles. The predicted molar refractivity (Wildman–Crippen MR) is 90.5 cm³/mol. The molecule has 0 aliphatic rings. The second-order valence-electron chi connectivity index (χ2n) is 6.10. The van der Waals surface area contributed by atoms with E-state index in [0.29, 0.717) is 6.42 Å². The average Bonchev–Trinajstić information content (AvgIpc) is 2.50. The summed E-state index contributed by atoms with van der Waals surface area (Å²) in [5.41, 5.74) is 0. The number of ketones is 1. The SMILES string of the molecule is CCCCCCCC/C=C\CCCCCCCC(=O)C(F)F. The first-order valence-electron chi connectivity index (χ1n) is 9.14. The molecule has 0 amide bonds. The molecule has 3 heteroatoms. The van der Waals surface area contributed by atoms with Crippen molar-refractivity contribution in [3.63, 3.8) is 0 Å². The van der Waals surface area contributed by atoms with Gasteiger partial charge >= 0.3 is 0 Å². The summed E-state index contributed by atoms with van der Waals surface area (Å²) in [5, 5.41) is 0. The number of rotatable bonds is 16. The van der Waals surface area contributed by atoms with Crippen LogP contribution in [-0.4, -0.2) is 12.2 Å². The molecule has 0 unspecified atom stereocenters. The summed E-state index contributed by atoms with van der Waals surface area (Å²) in [6.07, 6.45) is 17.0. The van der Waals surface area contributed by atoms with Crippen molar-refractivity contribution >= 4 is 5.78 Å². The molecule has 0 saturated carbocycles. The Kier molecular flexibility index (Phi) is 16.1. The molecule has 0 fully saturated rings. The van der Waals surface area contributed by atoms with E-state index >= 15 is 0 Å². The molecule has 0 aromatic rings. The Morgan fingerprint density at radius 1 is 0.773 bits per heavy atom. The van der Waals surface area contributed by atoms with Crippen molar-refractivity contribution < 1.29 is 13.6 Å². The summed E-state index contributed by atoms with van der Waals surface area (Å²) in [6.45, 7) is 2.24. The topological polar surface area (TPSA) is 17.1 Å². The molecule has 0 spiro atoms. The van der Waals surface area contributed by atoms with Crippen molar-refractivity contribution in [3.05, 3.63) is 12.2 Å². The third kappa shape index (κ3) is 15.7. The number of hydrogen-bond donors (Lipinski definition) is 0. The van der Waals surface area contributed by atoms with E-state index in [0.717, 1.165) is 32.1 Å². The normalized spacial score (nSPS) is 11.6. The third-order valence-corrected chi connectivity index (χ3v) is 3.93. The fourth-order valence-electron chi connectivity index (χ4n) is 2.48. The summed E-state index contributed by atoms with van der Waals surface area (Å²) in [5.74, 6) is -0.905. The average molecular weight is 316 g/mol. The molecule has 0 radical (unpaired) electrons. The summed E-state index contributed by atoms with van der Waals surface area (Å²) in [4.78, 5) is 10.7. The third-order valence-electron chi connectivity index (χ3n) is 3.93. The van der Waals surface area contributed by atoms with Crippen LogP contribution in [0.1, 0.15) is 96.8 Å². The minimum absolute atomic E-state index is 0.0375. The van der Waals surface area contributed by atoms with Gasteiger partial charge in [-0.25, -0.2) is 8.78 Å². The Bertz CT molecular complexity index is 275. The van der Waals surface area contributed by atoms with Gasteiger partial charge in [0.05, 0.1) is 0 Å². The number of carbonyl (C=O) groups is 1. The zero-order valence-electron chi connectivity index (χ0n) is 14.3. The van der Waals surface area contributed by atoms with Gasteiger partial charge in [0.25, 0.3) is 6.43 Å². The molecule has 0 bridgehead atoms. The fraction of sp³-hybridized carbons (Fsp3) is 0.842. The maximum atomic E-state index is 12.0. The Balaban J connectivity index is 3.16. The molecule has 0 atom stereocenters. The van der Waals surface area contributed by atoms with Gasteiger partial charge in [-0.1, -0.05) is 70.4 Å². The molecule has 0 N–H and O–H groups in total. The standard InChI is InChI=1S/C19H34F2O/c1-2-3-4-5-6-7-8-9-10-11-12-13-14-15-16-17-18(22)19(20)21/h9-10,19H,2-8,11-17H2,1H3/b10-9-. The number of allylic oxidation sites excluding steroid dienone is 2. The van der Waals surface area contributed by atoms with Gasteiger partial charge in [-0.15, -0.1) is 0 Å². The highest BCUT2D eigenvalue weighted by molar-refractivity contribution is 5.81. The quantitative estimate of drug-likeness (QED) is 0.224. The largest absolute Gasteiger partial charge is 0.295 e. The first-order valence-corrected chi connectivity index (χ1v) is 9.14. The fourth-order valence-corrected chi connectivity index (χ4v) is 2.48.